The molecule has 9 heteroatoms. The van der Waals surface area contributed by atoms with Crippen molar-refractivity contribution in [2.24, 2.45) is 5.16 Å². The molecule has 3 aromatic rings. The van der Waals surface area contributed by atoms with Crippen LogP contribution in [0.2, 0.25) is 0 Å². The molecule has 0 saturated carbocycles. The SMILES string of the molecule is Cc1ncc([C@@H]2CC(Br)=NO2)cc1Oc1cccc(C(F)(F)F)c1Oc1ccccc1. The Morgan fingerprint density at radius 1 is 1.03 bits per heavy atom. The smallest absolute Gasteiger partial charge is 0.420 e. The third-order valence-corrected chi connectivity index (χ3v) is 5.00. The summed E-state index contributed by atoms with van der Waals surface area (Å²) in [7, 11) is 0. The first-order valence-corrected chi connectivity index (χ1v) is 10.1. The molecule has 160 valence electrons. The second-order valence-corrected chi connectivity index (χ2v) is 7.68. The topological polar surface area (TPSA) is 52.9 Å². The van der Waals surface area contributed by atoms with E-state index >= 15 is 0 Å². The van der Waals surface area contributed by atoms with Crippen LogP contribution >= 0.6 is 15.9 Å². The van der Waals surface area contributed by atoms with Crippen LogP contribution in [0.4, 0.5) is 13.2 Å². The molecule has 0 amide bonds. The van der Waals surface area contributed by atoms with E-state index in [2.05, 4.69) is 26.1 Å². The lowest BCUT2D eigenvalue weighted by molar-refractivity contribution is -0.138. The van der Waals surface area contributed by atoms with E-state index < -0.39 is 17.5 Å². The number of halogens is 4. The number of nitrogens with zero attached hydrogens (tertiary/aromatic N) is 2. The van der Waals surface area contributed by atoms with E-state index in [0.29, 0.717) is 28.0 Å². The van der Waals surface area contributed by atoms with Crippen molar-refractivity contribution in [2.45, 2.75) is 25.6 Å². The highest BCUT2D eigenvalue weighted by atomic mass is 79.9. The number of hydrogen-bond acceptors (Lipinski definition) is 5. The molecule has 0 fully saturated rings. The van der Waals surface area contributed by atoms with Crippen LogP contribution in [0.3, 0.4) is 0 Å². The van der Waals surface area contributed by atoms with Gasteiger partial charge < -0.3 is 14.3 Å². The molecule has 0 radical (unpaired) electrons. The van der Waals surface area contributed by atoms with Crippen LogP contribution in [-0.2, 0) is 11.0 Å². The fraction of sp³-hybridized carbons (Fsp3) is 0.182. The molecular formula is C22H16BrF3N2O3. The van der Waals surface area contributed by atoms with Crippen molar-refractivity contribution in [2.75, 3.05) is 0 Å². The van der Waals surface area contributed by atoms with Gasteiger partial charge in [0, 0.05) is 18.2 Å². The molecule has 1 atom stereocenters. The number of hydrogen-bond donors (Lipinski definition) is 0. The number of oxime groups is 1. The number of para-hydroxylation sites is 2. The number of pyridine rings is 1. The summed E-state index contributed by atoms with van der Waals surface area (Å²) in [6.07, 6.45) is -2.83. The molecule has 0 spiro atoms. The van der Waals surface area contributed by atoms with Gasteiger partial charge >= 0.3 is 6.18 Å². The number of aromatic nitrogens is 1. The number of ether oxygens (including phenoxy) is 2. The lowest BCUT2D eigenvalue weighted by atomic mass is 10.1. The average molecular weight is 493 g/mol. The second-order valence-electron chi connectivity index (χ2n) is 6.77. The highest BCUT2D eigenvalue weighted by Crippen LogP contribution is 2.45. The van der Waals surface area contributed by atoms with Crippen LogP contribution in [0.1, 0.15) is 29.3 Å². The van der Waals surface area contributed by atoms with E-state index in [1.807, 2.05) is 0 Å². The Balaban J connectivity index is 1.71. The van der Waals surface area contributed by atoms with Crippen LogP contribution in [0.5, 0.6) is 23.0 Å². The summed E-state index contributed by atoms with van der Waals surface area (Å²) in [5.74, 6) is 0.0510. The Bertz CT molecular complexity index is 1120. The van der Waals surface area contributed by atoms with Crippen molar-refractivity contribution < 1.29 is 27.5 Å². The molecular weight excluding hydrogens is 477 g/mol. The van der Waals surface area contributed by atoms with E-state index in [1.165, 1.54) is 12.1 Å². The van der Waals surface area contributed by atoms with Crippen molar-refractivity contribution in [1.29, 1.82) is 0 Å². The molecule has 4 rings (SSSR count). The maximum absolute atomic E-state index is 13.7. The van der Waals surface area contributed by atoms with Crippen molar-refractivity contribution in [3.63, 3.8) is 0 Å². The van der Waals surface area contributed by atoms with Gasteiger partial charge in [0.15, 0.2) is 17.6 Å². The molecule has 2 aromatic carbocycles. The number of alkyl halides is 3. The Hall–Kier alpha value is -3.07. The number of aryl methyl sites for hydroxylation is 1. The average Bonchev–Trinajstić information content (AvgIpc) is 3.17. The molecule has 1 aliphatic heterocycles. The van der Waals surface area contributed by atoms with Gasteiger partial charge in [0.1, 0.15) is 21.7 Å². The summed E-state index contributed by atoms with van der Waals surface area (Å²) >= 11 is 3.28. The molecule has 31 heavy (non-hydrogen) atoms. The lowest BCUT2D eigenvalue weighted by Gasteiger charge is -2.18. The van der Waals surface area contributed by atoms with Gasteiger partial charge in [-0.1, -0.05) is 29.4 Å². The Morgan fingerprint density at radius 3 is 2.48 bits per heavy atom. The third kappa shape index (κ3) is 4.82. The molecule has 1 aromatic heterocycles. The van der Waals surface area contributed by atoms with Gasteiger partial charge in [-0.05, 0) is 53.2 Å². The van der Waals surface area contributed by atoms with E-state index in [9.17, 15) is 13.2 Å². The molecule has 0 saturated heterocycles. The standard InChI is InChI=1S/C22H16BrF3N2O3/c1-13-18(10-14(12-27-13)19-11-20(23)28-31-19)30-17-9-5-8-16(22(24,25)26)21(17)29-15-6-3-2-4-7-15/h2-10,12,19H,11H2,1H3/t19-/m0/s1. The zero-order chi connectivity index (χ0) is 22.0. The van der Waals surface area contributed by atoms with E-state index in [0.717, 1.165) is 6.07 Å². The molecule has 0 unspecified atom stereocenters. The Labute approximate surface area is 184 Å². The normalized spacial score (nSPS) is 15.9. The minimum absolute atomic E-state index is 0.0782. The largest absolute Gasteiger partial charge is 0.453 e. The zero-order valence-corrected chi connectivity index (χ0v) is 17.8. The predicted octanol–water partition coefficient (Wildman–Crippen LogP) is 7.16. The van der Waals surface area contributed by atoms with Crippen LogP contribution in [0.25, 0.3) is 0 Å². The second kappa shape index (κ2) is 8.58. The highest BCUT2D eigenvalue weighted by molar-refractivity contribution is 9.18. The van der Waals surface area contributed by atoms with Crippen molar-refractivity contribution >= 4 is 20.6 Å². The summed E-state index contributed by atoms with van der Waals surface area (Å²) in [5, 5.41) is 3.85. The van der Waals surface area contributed by atoms with Gasteiger partial charge in [-0.15, -0.1) is 0 Å². The summed E-state index contributed by atoms with van der Waals surface area (Å²) < 4.78 is 53.2. The highest BCUT2D eigenvalue weighted by Gasteiger charge is 2.36. The third-order valence-electron chi connectivity index (χ3n) is 4.53. The van der Waals surface area contributed by atoms with Crippen molar-refractivity contribution in [1.82, 2.24) is 4.98 Å². The summed E-state index contributed by atoms with van der Waals surface area (Å²) in [5.41, 5.74) is 0.258. The molecule has 2 heterocycles. The first kappa shape index (κ1) is 21.2. The van der Waals surface area contributed by atoms with E-state index in [-0.39, 0.29) is 17.6 Å². The number of rotatable bonds is 5. The molecule has 0 bridgehead atoms. The van der Waals surface area contributed by atoms with Gasteiger partial charge in [-0.2, -0.15) is 13.2 Å². The fourth-order valence-corrected chi connectivity index (χ4v) is 3.36. The summed E-state index contributed by atoms with van der Waals surface area (Å²) in [4.78, 5) is 9.63. The molecule has 5 nitrogen and oxygen atoms in total. The maximum atomic E-state index is 13.7. The van der Waals surface area contributed by atoms with E-state index in [4.69, 9.17) is 14.3 Å². The van der Waals surface area contributed by atoms with Gasteiger partial charge in [0.2, 0.25) is 0 Å². The van der Waals surface area contributed by atoms with Gasteiger partial charge in [-0.25, -0.2) is 0 Å². The summed E-state index contributed by atoms with van der Waals surface area (Å²) in [6, 6.07) is 13.6. The fourth-order valence-electron chi connectivity index (χ4n) is 2.98. The van der Waals surface area contributed by atoms with Crippen LogP contribution in [-0.4, -0.2) is 9.60 Å². The maximum Gasteiger partial charge on any atom is 0.420 e. The van der Waals surface area contributed by atoms with Crippen LogP contribution in [0, 0.1) is 6.92 Å². The minimum Gasteiger partial charge on any atom is -0.453 e. The Kier molecular flexibility index (Phi) is 5.86. The monoisotopic (exact) mass is 492 g/mol. The minimum atomic E-state index is -4.63. The van der Waals surface area contributed by atoms with Crippen molar-refractivity contribution in [3.05, 3.63) is 77.6 Å². The van der Waals surface area contributed by atoms with Crippen LogP contribution < -0.4 is 9.47 Å². The van der Waals surface area contributed by atoms with Crippen molar-refractivity contribution in [3.8, 4) is 23.0 Å². The summed E-state index contributed by atoms with van der Waals surface area (Å²) in [6.45, 7) is 1.70. The quantitative estimate of drug-likeness (QED) is 0.379. The lowest BCUT2D eigenvalue weighted by Crippen LogP contribution is -2.08. The first-order chi connectivity index (χ1) is 14.8. The van der Waals surface area contributed by atoms with Gasteiger partial charge in [-0.3, -0.25) is 4.98 Å². The zero-order valence-electron chi connectivity index (χ0n) is 16.2. The van der Waals surface area contributed by atoms with Crippen LogP contribution in [0.15, 0.2) is 65.9 Å². The molecule has 0 N–H and O–H groups in total. The Morgan fingerprint density at radius 2 is 1.81 bits per heavy atom. The van der Waals surface area contributed by atoms with Gasteiger partial charge in [0.05, 0.1) is 5.69 Å². The van der Waals surface area contributed by atoms with Gasteiger partial charge in [0.25, 0.3) is 0 Å². The predicted molar refractivity (Wildman–Crippen MR) is 112 cm³/mol. The molecule has 0 aliphatic carbocycles. The molecule has 1 aliphatic rings. The van der Waals surface area contributed by atoms with E-state index in [1.54, 1.807) is 49.5 Å². The first-order valence-electron chi connectivity index (χ1n) is 9.27. The number of benzene rings is 2.